The van der Waals surface area contributed by atoms with Crippen molar-refractivity contribution in [2.24, 2.45) is 5.92 Å². The van der Waals surface area contributed by atoms with Gasteiger partial charge in [-0.3, -0.25) is 4.79 Å². The van der Waals surface area contributed by atoms with Gasteiger partial charge in [-0.25, -0.2) is 4.98 Å². The van der Waals surface area contributed by atoms with E-state index in [1.165, 1.54) is 11.3 Å². The van der Waals surface area contributed by atoms with Gasteiger partial charge in [-0.1, -0.05) is 19.0 Å². The average molecular weight is 336 g/mol. The second-order valence-electron chi connectivity index (χ2n) is 5.92. The highest BCUT2D eigenvalue weighted by atomic mass is 32.1. The molecular formula is C15H20N4O3S. The van der Waals surface area contributed by atoms with E-state index < -0.39 is 0 Å². The molecule has 0 aliphatic carbocycles. The van der Waals surface area contributed by atoms with Gasteiger partial charge in [0, 0.05) is 24.5 Å². The van der Waals surface area contributed by atoms with Gasteiger partial charge < -0.3 is 14.6 Å². The molecule has 0 unspecified atom stereocenters. The van der Waals surface area contributed by atoms with E-state index >= 15 is 0 Å². The number of carbonyl (C=O) groups is 1. The zero-order valence-corrected chi connectivity index (χ0v) is 14.0. The molecule has 1 saturated heterocycles. The largest absolute Gasteiger partial charge is 0.381 e. The maximum atomic E-state index is 12.4. The van der Waals surface area contributed by atoms with Crippen LogP contribution < -0.4 is 5.32 Å². The summed E-state index contributed by atoms with van der Waals surface area (Å²) in [7, 11) is 0. The first kappa shape index (κ1) is 16.1. The van der Waals surface area contributed by atoms with Gasteiger partial charge in [0.15, 0.2) is 5.82 Å². The normalized spacial score (nSPS) is 17.3. The van der Waals surface area contributed by atoms with Crippen LogP contribution in [0.3, 0.4) is 0 Å². The second kappa shape index (κ2) is 7.18. The van der Waals surface area contributed by atoms with Crippen molar-refractivity contribution < 1.29 is 14.1 Å². The first-order valence-electron chi connectivity index (χ1n) is 7.75. The Labute approximate surface area is 138 Å². The molecule has 1 N–H and O–H groups in total. The highest BCUT2D eigenvalue weighted by Crippen LogP contribution is 2.30. The monoisotopic (exact) mass is 336 g/mol. The summed E-state index contributed by atoms with van der Waals surface area (Å²) in [5, 5.41) is 8.76. The number of carbonyl (C=O) groups excluding carboxylic acids is 1. The van der Waals surface area contributed by atoms with Crippen LogP contribution >= 0.6 is 11.3 Å². The molecule has 1 aliphatic heterocycles. The van der Waals surface area contributed by atoms with Crippen molar-refractivity contribution in [1.29, 1.82) is 0 Å². The van der Waals surface area contributed by atoms with Gasteiger partial charge >= 0.3 is 0 Å². The van der Waals surface area contributed by atoms with E-state index in [1.54, 1.807) is 10.9 Å². The number of rotatable bonds is 5. The van der Waals surface area contributed by atoms with Crippen LogP contribution in [0.1, 0.15) is 60.9 Å². The first-order valence-corrected chi connectivity index (χ1v) is 8.69. The van der Waals surface area contributed by atoms with Crippen LogP contribution in [0.25, 0.3) is 0 Å². The minimum Gasteiger partial charge on any atom is -0.381 e. The lowest BCUT2D eigenvalue weighted by molar-refractivity contribution is 0.0467. The highest BCUT2D eigenvalue weighted by Gasteiger charge is 2.32. The van der Waals surface area contributed by atoms with E-state index in [4.69, 9.17) is 9.26 Å². The van der Waals surface area contributed by atoms with Crippen molar-refractivity contribution in [2.45, 2.75) is 38.6 Å². The summed E-state index contributed by atoms with van der Waals surface area (Å²) in [4.78, 5) is 20.9. The zero-order valence-electron chi connectivity index (χ0n) is 13.2. The molecule has 1 fully saturated rings. The Morgan fingerprint density at radius 3 is 2.78 bits per heavy atom. The van der Waals surface area contributed by atoms with Crippen molar-refractivity contribution in [3.63, 3.8) is 0 Å². The lowest BCUT2D eigenvalue weighted by Crippen LogP contribution is -2.36. The van der Waals surface area contributed by atoms with E-state index in [2.05, 4.69) is 20.4 Å². The Morgan fingerprint density at radius 2 is 2.17 bits per heavy atom. The highest BCUT2D eigenvalue weighted by molar-refractivity contribution is 7.07. The van der Waals surface area contributed by atoms with Gasteiger partial charge in [-0.15, -0.1) is 11.3 Å². The number of nitrogens with one attached hydrogen (secondary N) is 1. The quantitative estimate of drug-likeness (QED) is 0.902. The van der Waals surface area contributed by atoms with Crippen LogP contribution in [0.5, 0.6) is 0 Å². The Kier molecular flexibility index (Phi) is 5.02. The molecule has 7 nitrogen and oxygen atoms in total. The van der Waals surface area contributed by atoms with E-state index in [0.717, 1.165) is 12.8 Å². The molecule has 23 heavy (non-hydrogen) atoms. The lowest BCUT2D eigenvalue weighted by Gasteiger charge is -2.28. The second-order valence-corrected chi connectivity index (χ2v) is 6.64. The number of thiazole rings is 1. The van der Waals surface area contributed by atoms with E-state index in [-0.39, 0.29) is 23.8 Å². The van der Waals surface area contributed by atoms with Crippen molar-refractivity contribution in [1.82, 2.24) is 20.4 Å². The maximum Gasteiger partial charge on any atom is 0.271 e. The Hall–Kier alpha value is -1.80. The fraction of sp³-hybridized carbons (Fsp3) is 0.600. The van der Waals surface area contributed by atoms with Gasteiger partial charge in [-0.05, 0) is 18.8 Å². The minimum absolute atomic E-state index is 0.178. The van der Waals surface area contributed by atoms with Gasteiger partial charge in [0.2, 0.25) is 5.89 Å². The van der Waals surface area contributed by atoms with E-state index in [9.17, 15) is 4.79 Å². The summed E-state index contributed by atoms with van der Waals surface area (Å²) in [6, 6.07) is -0.312. The van der Waals surface area contributed by atoms with Crippen molar-refractivity contribution in [3.8, 4) is 0 Å². The van der Waals surface area contributed by atoms with E-state index in [1.807, 2.05) is 13.8 Å². The number of hydrogen-bond acceptors (Lipinski definition) is 7. The van der Waals surface area contributed by atoms with Gasteiger partial charge in [-0.2, -0.15) is 4.98 Å². The number of ether oxygens (including phenoxy) is 1. The number of amides is 1. The third-order valence-electron chi connectivity index (χ3n) is 3.93. The molecule has 3 rings (SSSR count). The summed E-state index contributed by atoms with van der Waals surface area (Å²) in [6.07, 6.45) is 1.70. The Morgan fingerprint density at radius 1 is 1.39 bits per heavy atom. The SMILES string of the molecule is CC(C)c1noc([C@H](NC(=O)c2cscn2)C2CCOCC2)n1. The molecule has 0 aromatic carbocycles. The molecule has 8 heteroatoms. The fourth-order valence-corrected chi connectivity index (χ4v) is 3.11. The maximum absolute atomic E-state index is 12.4. The van der Waals surface area contributed by atoms with Crippen LogP contribution in [0, 0.1) is 5.92 Å². The number of aromatic nitrogens is 3. The third kappa shape index (κ3) is 3.76. The summed E-state index contributed by atoms with van der Waals surface area (Å²) >= 11 is 1.39. The van der Waals surface area contributed by atoms with Gasteiger partial charge in [0.25, 0.3) is 5.91 Å². The molecule has 0 bridgehead atoms. The summed E-state index contributed by atoms with van der Waals surface area (Å²) in [6.45, 7) is 5.37. The van der Waals surface area contributed by atoms with Crippen molar-refractivity contribution in [3.05, 3.63) is 28.3 Å². The standard InChI is InChI=1S/C15H20N4O3S/c1-9(2)13-18-15(22-19-13)12(10-3-5-21-6-4-10)17-14(20)11-7-23-8-16-11/h7-10,12H,3-6H2,1-2H3,(H,17,20)/t12-/m1/s1. The summed E-state index contributed by atoms with van der Waals surface area (Å²) < 4.78 is 10.8. The lowest BCUT2D eigenvalue weighted by atomic mass is 9.91. The predicted molar refractivity (Wildman–Crippen MR) is 84.3 cm³/mol. The van der Waals surface area contributed by atoms with Crippen LogP contribution in [-0.4, -0.2) is 34.2 Å². The summed E-state index contributed by atoms with van der Waals surface area (Å²) in [5.41, 5.74) is 2.05. The molecule has 0 spiro atoms. The van der Waals surface area contributed by atoms with E-state index in [0.29, 0.717) is 30.6 Å². The smallest absolute Gasteiger partial charge is 0.271 e. The molecule has 1 atom stereocenters. The van der Waals surface area contributed by atoms with Crippen LogP contribution in [0.2, 0.25) is 0 Å². The topological polar surface area (TPSA) is 90.1 Å². The molecule has 124 valence electrons. The molecule has 0 radical (unpaired) electrons. The number of nitrogens with zero attached hydrogens (tertiary/aromatic N) is 3. The van der Waals surface area contributed by atoms with Gasteiger partial charge in [0.1, 0.15) is 11.7 Å². The molecule has 3 heterocycles. The van der Waals surface area contributed by atoms with Gasteiger partial charge in [0.05, 0.1) is 5.51 Å². The molecule has 2 aromatic rings. The van der Waals surface area contributed by atoms with Crippen molar-refractivity contribution >= 4 is 17.2 Å². The molecular weight excluding hydrogens is 316 g/mol. The Bertz CT molecular complexity index is 635. The molecule has 1 aliphatic rings. The van der Waals surface area contributed by atoms with Crippen LogP contribution in [-0.2, 0) is 4.74 Å². The first-order chi connectivity index (χ1) is 11.1. The summed E-state index contributed by atoms with van der Waals surface area (Å²) in [5.74, 6) is 1.29. The number of hydrogen-bond donors (Lipinski definition) is 1. The van der Waals surface area contributed by atoms with Crippen LogP contribution in [0.4, 0.5) is 0 Å². The minimum atomic E-state index is -0.312. The average Bonchev–Trinajstić information content (AvgIpc) is 3.24. The Balaban J connectivity index is 1.81. The van der Waals surface area contributed by atoms with Crippen LogP contribution in [0.15, 0.2) is 15.4 Å². The van der Waals surface area contributed by atoms with Crippen molar-refractivity contribution in [2.75, 3.05) is 13.2 Å². The molecule has 1 amide bonds. The molecule has 2 aromatic heterocycles. The molecule has 0 saturated carbocycles. The predicted octanol–water partition coefficient (Wildman–Crippen LogP) is 2.55. The zero-order chi connectivity index (χ0) is 16.2. The fourth-order valence-electron chi connectivity index (χ4n) is 2.58. The third-order valence-corrected chi connectivity index (χ3v) is 4.52.